The lowest BCUT2D eigenvalue weighted by Gasteiger charge is -2.30. The van der Waals surface area contributed by atoms with E-state index in [0.29, 0.717) is 24.5 Å². The highest BCUT2D eigenvalue weighted by atomic mass is 16.3. The van der Waals surface area contributed by atoms with E-state index in [2.05, 4.69) is 0 Å². The quantitative estimate of drug-likeness (QED) is 0.717. The van der Waals surface area contributed by atoms with Crippen LogP contribution in [0.15, 0.2) is 18.2 Å². The summed E-state index contributed by atoms with van der Waals surface area (Å²) in [6.45, 7) is 3.93. The molecule has 0 radical (unpaired) electrons. The number of anilines is 1. The summed E-state index contributed by atoms with van der Waals surface area (Å²) < 4.78 is 0. The average Bonchev–Trinajstić information content (AvgIpc) is 2.64. The second kappa shape index (κ2) is 5.00. The van der Waals surface area contributed by atoms with Gasteiger partial charge in [-0.3, -0.25) is 14.5 Å². The number of piperidine rings is 1. The topological polar surface area (TPSA) is 62.0 Å². The van der Waals surface area contributed by atoms with Gasteiger partial charge >= 0.3 is 5.91 Å². The normalized spacial score (nSPS) is 26.0. The fourth-order valence-electron chi connectivity index (χ4n) is 3.06. The first-order valence-corrected chi connectivity index (χ1v) is 7.05. The highest BCUT2D eigenvalue weighted by Gasteiger charge is 2.38. The molecule has 1 unspecified atom stereocenters. The maximum Gasteiger partial charge on any atom is 0.303 e. The highest BCUT2D eigenvalue weighted by molar-refractivity contribution is 6.52. The van der Waals surface area contributed by atoms with Crippen molar-refractivity contribution >= 4 is 17.4 Å². The molecule has 1 aromatic carbocycles. The van der Waals surface area contributed by atoms with E-state index >= 15 is 0 Å². The molecule has 2 heterocycles. The predicted octanol–water partition coefficient (Wildman–Crippen LogP) is -0.479. The number of fused-ring (bicyclic) bond motifs is 1. The number of aliphatic hydroxyl groups excluding tert-OH is 1. The van der Waals surface area contributed by atoms with Crippen LogP contribution in [-0.2, 0) is 4.79 Å². The molecule has 2 aliphatic rings. The fraction of sp³-hybridized carbons (Fsp3) is 0.467. The number of carbonyl (C=O) groups is 2. The zero-order valence-electron chi connectivity index (χ0n) is 11.6. The van der Waals surface area contributed by atoms with E-state index in [0.717, 1.165) is 29.8 Å². The Balaban J connectivity index is 1.84. The minimum atomic E-state index is -0.446. The lowest BCUT2D eigenvalue weighted by Crippen LogP contribution is -3.15. The van der Waals surface area contributed by atoms with Gasteiger partial charge in [0.1, 0.15) is 12.6 Å². The van der Waals surface area contributed by atoms with Crippen molar-refractivity contribution in [3.63, 3.8) is 0 Å². The largest absolute Gasteiger partial charge is 0.387 e. The van der Waals surface area contributed by atoms with E-state index in [9.17, 15) is 14.7 Å². The van der Waals surface area contributed by atoms with Gasteiger partial charge < -0.3 is 10.0 Å². The number of carbonyl (C=O) groups excluding carboxylic acids is 2. The van der Waals surface area contributed by atoms with Gasteiger partial charge in [0.15, 0.2) is 6.67 Å². The molecular formula is C15H19N2O3+. The van der Waals surface area contributed by atoms with Gasteiger partial charge in [0.05, 0.1) is 17.8 Å². The van der Waals surface area contributed by atoms with Gasteiger partial charge in [-0.2, -0.15) is 0 Å². The number of nitrogens with one attached hydrogen (secondary N) is 1. The van der Waals surface area contributed by atoms with Crippen molar-refractivity contribution in [2.24, 2.45) is 0 Å². The van der Waals surface area contributed by atoms with Crippen LogP contribution in [0.2, 0.25) is 0 Å². The first-order chi connectivity index (χ1) is 9.56. The first-order valence-electron chi connectivity index (χ1n) is 7.05. The number of aryl methyl sites for hydroxylation is 1. The third-order valence-corrected chi connectivity index (χ3v) is 4.10. The SMILES string of the molecule is Cc1ccc2c(c1)C(=O)C(=O)N2C[NH+]1CCC[C@H](O)C1. The number of quaternary nitrogens is 1. The number of hydrogen-bond donors (Lipinski definition) is 2. The Hall–Kier alpha value is -1.72. The molecule has 3 rings (SSSR count). The summed E-state index contributed by atoms with van der Waals surface area (Å²) in [7, 11) is 0. The van der Waals surface area contributed by atoms with Crippen molar-refractivity contribution in [3.05, 3.63) is 29.3 Å². The van der Waals surface area contributed by atoms with E-state index in [4.69, 9.17) is 0 Å². The Labute approximate surface area is 117 Å². The number of nitrogens with zero attached hydrogens (tertiary/aromatic N) is 1. The molecule has 106 valence electrons. The summed E-state index contributed by atoms with van der Waals surface area (Å²) in [5, 5.41) is 9.71. The van der Waals surface area contributed by atoms with Crippen LogP contribution >= 0.6 is 0 Å². The summed E-state index contributed by atoms with van der Waals surface area (Å²) in [4.78, 5) is 26.9. The van der Waals surface area contributed by atoms with Crippen LogP contribution in [0.3, 0.4) is 0 Å². The minimum Gasteiger partial charge on any atom is -0.387 e. The van der Waals surface area contributed by atoms with Crippen LogP contribution in [0.25, 0.3) is 0 Å². The molecular weight excluding hydrogens is 256 g/mol. The predicted molar refractivity (Wildman–Crippen MR) is 73.8 cm³/mol. The molecule has 0 bridgehead atoms. The highest BCUT2D eigenvalue weighted by Crippen LogP contribution is 2.28. The van der Waals surface area contributed by atoms with Crippen LogP contribution in [0.4, 0.5) is 5.69 Å². The molecule has 1 amide bonds. The molecule has 0 aliphatic carbocycles. The molecule has 5 nitrogen and oxygen atoms in total. The van der Waals surface area contributed by atoms with Crippen molar-refractivity contribution in [3.8, 4) is 0 Å². The van der Waals surface area contributed by atoms with Gasteiger partial charge in [0.2, 0.25) is 0 Å². The molecule has 0 spiro atoms. The number of benzene rings is 1. The van der Waals surface area contributed by atoms with Gasteiger partial charge in [-0.1, -0.05) is 11.6 Å². The van der Waals surface area contributed by atoms with Crippen LogP contribution in [0.1, 0.15) is 28.8 Å². The Bertz CT molecular complexity index is 570. The molecule has 2 aliphatic heterocycles. The molecule has 20 heavy (non-hydrogen) atoms. The third kappa shape index (κ3) is 2.23. The van der Waals surface area contributed by atoms with Crippen molar-refractivity contribution in [1.82, 2.24) is 0 Å². The lowest BCUT2D eigenvalue weighted by atomic mass is 10.1. The first kappa shape index (κ1) is 13.3. The lowest BCUT2D eigenvalue weighted by molar-refractivity contribution is -0.907. The number of amides is 1. The minimum absolute atomic E-state index is 0.301. The van der Waals surface area contributed by atoms with Crippen LogP contribution in [0, 0.1) is 6.92 Å². The molecule has 5 heteroatoms. The second-order valence-corrected chi connectivity index (χ2v) is 5.74. The number of Topliss-reactive ketones (excluding diaryl/α,β-unsaturated/α-hetero) is 1. The van der Waals surface area contributed by atoms with E-state index in [-0.39, 0.29) is 6.10 Å². The standard InChI is InChI=1S/C15H18N2O3/c1-10-4-5-13-12(7-10)14(19)15(20)17(13)9-16-6-2-3-11(18)8-16/h4-5,7,11,18H,2-3,6,8-9H2,1H3/p+1/t11-/m0/s1. The van der Waals surface area contributed by atoms with Gasteiger partial charge in [0.25, 0.3) is 5.78 Å². The van der Waals surface area contributed by atoms with Crippen LogP contribution < -0.4 is 9.80 Å². The summed E-state index contributed by atoms with van der Waals surface area (Å²) in [6.07, 6.45) is 1.48. The number of ketones is 1. The zero-order valence-corrected chi connectivity index (χ0v) is 11.6. The molecule has 2 atom stereocenters. The van der Waals surface area contributed by atoms with E-state index < -0.39 is 11.7 Å². The fourth-order valence-corrected chi connectivity index (χ4v) is 3.06. The van der Waals surface area contributed by atoms with Crippen molar-refractivity contribution in [2.75, 3.05) is 24.7 Å². The molecule has 1 aromatic rings. The number of hydrogen-bond acceptors (Lipinski definition) is 3. The van der Waals surface area contributed by atoms with E-state index in [1.807, 2.05) is 19.1 Å². The van der Waals surface area contributed by atoms with E-state index in [1.165, 1.54) is 0 Å². The second-order valence-electron chi connectivity index (χ2n) is 5.74. The van der Waals surface area contributed by atoms with E-state index in [1.54, 1.807) is 11.0 Å². The molecule has 0 saturated carbocycles. The van der Waals surface area contributed by atoms with Crippen molar-refractivity contribution in [2.45, 2.75) is 25.9 Å². The van der Waals surface area contributed by atoms with Gasteiger partial charge in [-0.05, 0) is 31.9 Å². The zero-order chi connectivity index (χ0) is 14.3. The Morgan fingerprint density at radius 1 is 1.40 bits per heavy atom. The summed E-state index contributed by atoms with van der Waals surface area (Å²) >= 11 is 0. The summed E-state index contributed by atoms with van der Waals surface area (Å²) in [5.41, 5.74) is 2.19. The maximum absolute atomic E-state index is 12.1. The molecule has 1 fully saturated rings. The Kier molecular flexibility index (Phi) is 3.31. The van der Waals surface area contributed by atoms with Gasteiger partial charge in [0, 0.05) is 0 Å². The van der Waals surface area contributed by atoms with Crippen molar-refractivity contribution in [1.29, 1.82) is 0 Å². The van der Waals surface area contributed by atoms with Crippen LogP contribution in [-0.4, -0.2) is 42.7 Å². The Morgan fingerprint density at radius 3 is 2.95 bits per heavy atom. The summed E-state index contributed by atoms with van der Waals surface area (Å²) in [6, 6.07) is 5.53. The smallest absolute Gasteiger partial charge is 0.303 e. The van der Waals surface area contributed by atoms with Crippen molar-refractivity contribution < 1.29 is 19.6 Å². The molecule has 0 aromatic heterocycles. The monoisotopic (exact) mass is 275 g/mol. The molecule has 1 saturated heterocycles. The Morgan fingerprint density at radius 2 is 2.20 bits per heavy atom. The number of likely N-dealkylation sites (tertiary alicyclic amines) is 1. The third-order valence-electron chi connectivity index (χ3n) is 4.10. The average molecular weight is 275 g/mol. The van der Waals surface area contributed by atoms with Crippen LogP contribution in [0.5, 0.6) is 0 Å². The number of rotatable bonds is 2. The number of aliphatic hydroxyl groups is 1. The van der Waals surface area contributed by atoms with Gasteiger partial charge in [-0.15, -0.1) is 0 Å². The summed E-state index contributed by atoms with van der Waals surface area (Å²) in [5.74, 6) is -0.862. The maximum atomic E-state index is 12.1. The molecule has 2 N–H and O–H groups in total. The van der Waals surface area contributed by atoms with Gasteiger partial charge in [-0.25, -0.2) is 0 Å².